The summed E-state index contributed by atoms with van der Waals surface area (Å²) in [6.07, 6.45) is 2.12. The highest BCUT2D eigenvalue weighted by Gasteiger charge is 2.17. The molecule has 7 heteroatoms. The van der Waals surface area contributed by atoms with E-state index in [1.807, 2.05) is 6.92 Å². The number of nitrogens with one attached hydrogen (secondary N) is 1. The predicted octanol–water partition coefficient (Wildman–Crippen LogP) is 4.83. The van der Waals surface area contributed by atoms with E-state index in [0.717, 1.165) is 0 Å². The number of amides is 1. The minimum atomic E-state index is -3.28. The van der Waals surface area contributed by atoms with Gasteiger partial charge in [0.2, 0.25) is 0 Å². The first kappa shape index (κ1) is 20.5. The molecule has 0 saturated heterocycles. The lowest BCUT2D eigenvalue weighted by molar-refractivity contribution is 0.0944. The molecule has 2 rings (SSSR count). The number of hydrogen-bond acceptors (Lipinski definition) is 3. The number of hydrogen-bond donors (Lipinski definition) is 1. The summed E-state index contributed by atoms with van der Waals surface area (Å²) in [6, 6.07) is 10.5. The SMILES string of the molecule is C=CC(NC(=O)c1ccc(Cl)cc1Cl)c1ccc(S(=O)(=O)CCC)cc1. The van der Waals surface area contributed by atoms with Gasteiger partial charge in [-0.25, -0.2) is 8.42 Å². The summed E-state index contributed by atoms with van der Waals surface area (Å²) < 4.78 is 24.2. The van der Waals surface area contributed by atoms with E-state index in [9.17, 15) is 13.2 Å². The summed E-state index contributed by atoms with van der Waals surface area (Å²) in [4.78, 5) is 12.7. The van der Waals surface area contributed by atoms with Crippen molar-refractivity contribution in [1.82, 2.24) is 5.32 Å². The smallest absolute Gasteiger partial charge is 0.253 e. The van der Waals surface area contributed by atoms with Crippen molar-refractivity contribution < 1.29 is 13.2 Å². The van der Waals surface area contributed by atoms with Gasteiger partial charge in [-0.15, -0.1) is 6.58 Å². The fraction of sp³-hybridized carbons (Fsp3) is 0.211. The molecule has 26 heavy (non-hydrogen) atoms. The Morgan fingerprint density at radius 1 is 1.19 bits per heavy atom. The highest BCUT2D eigenvalue weighted by atomic mass is 35.5. The van der Waals surface area contributed by atoms with Gasteiger partial charge in [0.1, 0.15) is 0 Å². The summed E-state index contributed by atoms with van der Waals surface area (Å²) in [6.45, 7) is 5.55. The van der Waals surface area contributed by atoms with E-state index in [1.54, 1.807) is 30.3 Å². The number of carbonyl (C=O) groups excluding carboxylic acids is 1. The Bertz CT molecular complexity index is 909. The molecule has 138 valence electrons. The first-order chi connectivity index (χ1) is 12.3. The zero-order valence-electron chi connectivity index (χ0n) is 14.2. The van der Waals surface area contributed by atoms with E-state index in [2.05, 4.69) is 11.9 Å². The third-order valence-corrected chi connectivity index (χ3v) is 6.25. The summed E-state index contributed by atoms with van der Waals surface area (Å²) >= 11 is 11.9. The molecule has 1 unspecified atom stereocenters. The van der Waals surface area contributed by atoms with E-state index >= 15 is 0 Å². The van der Waals surface area contributed by atoms with Crippen LogP contribution in [0.15, 0.2) is 60.0 Å². The van der Waals surface area contributed by atoms with Crippen LogP contribution in [0.2, 0.25) is 10.0 Å². The third-order valence-electron chi connectivity index (χ3n) is 3.77. The number of carbonyl (C=O) groups is 1. The van der Waals surface area contributed by atoms with E-state index < -0.39 is 15.9 Å². The fourth-order valence-corrected chi connectivity index (χ4v) is 4.26. The third kappa shape index (κ3) is 4.87. The van der Waals surface area contributed by atoms with Crippen molar-refractivity contribution in [3.05, 3.63) is 76.3 Å². The van der Waals surface area contributed by atoms with Crippen LogP contribution in [0.25, 0.3) is 0 Å². The second-order valence-corrected chi connectivity index (χ2v) is 8.65. The molecular formula is C19H19Cl2NO3S. The second-order valence-electron chi connectivity index (χ2n) is 5.70. The topological polar surface area (TPSA) is 63.2 Å². The Balaban J connectivity index is 2.20. The quantitative estimate of drug-likeness (QED) is 0.663. The number of halogens is 2. The van der Waals surface area contributed by atoms with Crippen molar-refractivity contribution in [1.29, 1.82) is 0 Å². The zero-order valence-corrected chi connectivity index (χ0v) is 16.5. The highest BCUT2D eigenvalue weighted by molar-refractivity contribution is 7.91. The Morgan fingerprint density at radius 2 is 1.85 bits per heavy atom. The summed E-state index contributed by atoms with van der Waals surface area (Å²) in [5.74, 6) is -0.275. The molecule has 0 radical (unpaired) electrons. The van der Waals surface area contributed by atoms with Crippen LogP contribution < -0.4 is 5.32 Å². The van der Waals surface area contributed by atoms with Crippen LogP contribution in [-0.2, 0) is 9.84 Å². The molecule has 1 N–H and O–H groups in total. The van der Waals surface area contributed by atoms with Crippen LogP contribution in [0.5, 0.6) is 0 Å². The normalized spacial score (nSPS) is 12.4. The van der Waals surface area contributed by atoms with Gasteiger partial charge in [0.15, 0.2) is 9.84 Å². The van der Waals surface area contributed by atoms with Crippen LogP contribution >= 0.6 is 23.2 Å². The van der Waals surface area contributed by atoms with Gasteiger partial charge < -0.3 is 5.32 Å². The molecule has 0 saturated carbocycles. The Labute approximate surface area is 163 Å². The molecule has 1 amide bonds. The molecule has 4 nitrogen and oxygen atoms in total. The lowest BCUT2D eigenvalue weighted by atomic mass is 10.1. The minimum Gasteiger partial charge on any atom is -0.342 e. The molecule has 0 aliphatic heterocycles. The van der Waals surface area contributed by atoms with Crippen molar-refractivity contribution in [2.75, 3.05) is 5.75 Å². The predicted molar refractivity (Wildman–Crippen MR) is 106 cm³/mol. The molecule has 1 atom stereocenters. The molecule has 0 spiro atoms. The van der Waals surface area contributed by atoms with Crippen LogP contribution in [0.1, 0.15) is 35.3 Å². The molecule has 0 bridgehead atoms. The fourth-order valence-electron chi connectivity index (χ4n) is 2.44. The van der Waals surface area contributed by atoms with Crippen molar-refractivity contribution in [3.63, 3.8) is 0 Å². The van der Waals surface area contributed by atoms with Crippen LogP contribution in [-0.4, -0.2) is 20.1 Å². The number of rotatable bonds is 7. The molecule has 0 heterocycles. The Morgan fingerprint density at radius 3 is 2.38 bits per heavy atom. The lowest BCUT2D eigenvalue weighted by Crippen LogP contribution is -2.27. The van der Waals surface area contributed by atoms with Crippen molar-refractivity contribution in [2.45, 2.75) is 24.3 Å². The molecule has 0 aromatic heterocycles. The first-order valence-electron chi connectivity index (χ1n) is 7.99. The van der Waals surface area contributed by atoms with Gasteiger partial charge >= 0.3 is 0 Å². The van der Waals surface area contributed by atoms with Gasteiger partial charge in [-0.05, 0) is 42.3 Å². The monoisotopic (exact) mass is 411 g/mol. The zero-order chi connectivity index (χ0) is 19.3. The van der Waals surface area contributed by atoms with Crippen LogP contribution in [0.4, 0.5) is 0 Å². The van der Waals surface area contributed by atoms with E-state index in [0.29, 0.717) is 22.6 Å². The number of benzene rings is 2. The summed E-state index contributed by atoms with van der Waals surface area (Å²) in [5, 5.41) is 3.50. The largest absolute Gasteiger partial charge is 0.342 e. The Kier molecular flexibility index (Phi) is 6.87. The summed E-state index contributed by atoms with van der Waals surface area (Å²) in [5.41, 5.74) is 1.01. The maximum atomic E-state index is 12.4. The van der Waals surface area contributed by atoms with Gasteiger partial charge in [-0.2, -0.15) is 0 Å². The maximum absolute atomic E-state index is 12.4. The highest BCUT2D eigenvalue weighted by Crippen LogP contribution is 2.23. The maximum Gasteiger partial charge on any atom is 0.253 e. The average Bonchev–Trinajstić information content (AvgIpc) is 2.59. The van der Waals surface area contributed by atoms with Crippen molar-refractivity contribution >= 4 is 38.9 Å². The van der Waals surface area contributed by atoms with E-state index in [1.165, 1.54) is 18.2 Å². The standard InChI is InChI=1S/C19H19Cl2NO3S/c1-3-11-26(24,25)15-8-5-13(6-9-15)18(4-2)22-19(23)16-10-7-14(20)12-17(16)21/h4-10,12,18H,2-3,11H2,1H3,(H,22,23). The van der Waals surface area contributed by atoms with Gasteiger partial charge in [0, 0.05) is 5.02 Å². The molecule has 2 aromatic rings. The van der Waals surface area contributed by atoms with E-state index in [-0.39, 0.29) is 21.6 Å². The second kappa shape index (κ2) is 8.71. The lowest BCUT2D eigenvalue weighted by Gasteiger charge is -2.16. The molecule has 2 aromatic carbocycles. The minimum absolute atomic E-state index is 0.100. The van der Waals surface area contributed by atoms with Gasteiger partial charge in [0.25, 0.3) is 5.91 Å². The molecular weight excluding hydrogens is 393 g/mol. The van der Waals surface area contributed by atoms with Crippen LogP contribution in [0, 0.1) is 0 Å². The molecule has 0 fully saturated rings. The van der Waals surface area contributed by atoms with Gasteiger partial charge in [-0.3, -0.25) is 4.79 Å². The first-order valence-corrected chi connectivity index (χ1v) is 10.4. The number of sulfone groups is 1. The summed E-state index contributed by atoms with van der Waals surface area (Å²) in [7, 11) is -3.28. The molecule has 0 aliphatic rings. The molecule has 0 aliphatic carbocycles. The van der Waals surface area contributed by atoms with Crippen molar-refractivity contribution in [3.8, 4) is 0 Å². The van der Waals surface area contributed by atoms with E-state index in [4.69, 9.17) is 23.2 Å². The van der Waals surface area contributed by atoms with Crippen molar-refractivity contribution in [2.24, 2.45) is 0 Å². The van der Waals surface area contributed by atoms with Crippen LogP contribution in [0.3, 0.4) is 0 Å². The van der Waals surface area contributed by atoms with Gasteiger partial charge in [0.05, 0.1) is 27.3 Å². The average molecular weight is 412 g/mol. The Hall–Kier alpha value is -1.82. The van der Waals surface area contributed by atoms with Gasteiger partial charge in [-0.1, -0.05) is 48.3 Å².